The molecule has 1 unspecified atom stereocenters. The summed E-state index contributed by atoms with van der Waals surface area (Å²) in [7, 11) is 0. The van der Waals surface area contributed by atoms with Crippen molar-refractivity contribution >= 4 is 5.69 Å². The summed E-state index contributed by atoms with van der Waals surface area (Å²) in [6.45, 7) is 3.34. The predicted octanol–water partition coefficient (Wildman–Crippen LogP) is 4.21. The molecule has 1 aliphatic heterocycles. The van der Waals surface area contributed by atoms with Gasteiger partial charge < -0.3 is 4.90 Å². The first-order valence-corrected chi connectivity index (χ1v) is 7.20. The predicted molar refractivity (Wildman–Crippen MR) is 81.7 cm³/mol. The van der Waals surface area contributed by atoms with E-state index in [4.69, 9.17) is 0 Å². The van der Waals surface area contributed by atoms with Gasteiger partial charge in [-0.1, -0.05) is 48.0 Å². The average molecular weight is 251 g/mol. The number of nitrogens with zero attached hydrogens (tertiary/aromatic N) is 1. The van der Waals surface area contributed by atoms with Crippen LogP contribution in [0.25, 0.3) is 0 Å². The molecule has 2 aromatic rings. The molecule has 1 nitrogen and oxygen atoms in total. The van der Waals surface area contributed by atoms with Crippen molar-refractivity contribution in [1.82, 2.24) is 0 Å². The highest BCUT2D eigenvalue weighted by Crippen LogP contribution is 2.27. The summed E-state index contributed by atoms with van der Waals surface area (Å²) in [6, 6.07) is 20.5. The standard InChI is InChI=1S/C18H21N/c1-15-9-11-17(12-10-15)19-13-5-8-18(19)14-16-6-3-2-4-7-16/h2-4,6-7,9-12,18H,5,8,13-14H2,1H3. The molecule has 0 radical (unpaired) electrons. The van der Waals surface area contributed by atoms with E-state index in [1.165, 1.54) is 36.2 Å². The molecule has 0 aromatic heterocycles. The van der Waals surface area contributed by atoms with Crippen molar-refractivity contribution in [2.75, 3.05) is 11.4 Å². The van der Waals surface area contributed by atoms with E-state index in [1.54, 1.807) is 0 Å². The molecule has 0 bridgehead atoms. The minimum absolute atomic E-state index is 0.658. The van der Waals surface area contributed by atoms with E-state index in [9.17, 15) is 0 Å². The zero-order valence-corrected chi connectivity index (χ0v) is 11.5. The molecule has 0 spiro atoms. The van der Waals surface area contributed by atoms with Crippen LogP contribution in [0, 0.1) is 6.92 Å². The third kappa shape index (κ3) is 2.81. The molecule has 3 rings (SSSR count). The van der Waals surface area contributed by atoms with Gasteiger partial charge >= 0.3 is 0 Å². The van der Waals surface area contributed by atoms with Crippen LogP contribution in [0.5, 0.6) is 0 Å². The van der Waals surface area contributed by atoms with Gasteiger partial charge in [0.25, 0.3) is 0 Å². The van der Waals surface area contributed by atoms with E-state index in [0.717, 1.165) is 6.42 Å². The quantitative estimate of drug-likeness (QED) is 0.790. The number of benzene rings is 2. The topological polar surface area (TPSA) is 3.24 Å². The molecular formula is C18H21N. The third-order valence-corrected chi connectivity index (χ3v) is 4.06. The van der Waals surface area contributed by atoms with E-state index in [-0.39, 0.29) is 0 Å². The first kappa shape index (κ1) is 12.3. The lowest BCUT2D eigenvalue weighted by atomic mass is 10.0. The smallest absolute Gasteiger partial charge is 0.0368 e. The summed E-state index contributed by atoms with van der Waals surface area (Å²) >= 11 is 0. The molecule has 0 saturated carbocycles. The summed E-state index contributed by atoms with van der Waals surface area (Å²) < 4.78 is 0. The van der Waals surface area contributed by atoms with Gasteiger partial charge in [0, 0.05) is 18.3 Å². The van der Waals surface area contributed by atoms with Crippen LogP contribution in [0.15, 0.2) is 54.6 Å². The van der Waals surface area contributed by atoms with E-state index >= 15 is 0 Å². The van der Waals surface area contributed by atoms with Crippen LogP contribution in [-0.2, 0) is 6.42 Å². The van der Waals surface area contributed by atoms with Crippen LogP contribution >= 0.6 is 0 Å². The van der Waals surface area contributed by atoms with E-state index in [1.807, 2.05) is 0 Å². The van der Waals surface area contributed by atoms with Crippen LogP contribution in [0.2, 0.25) is 0 Å². The van der Waals surface area contributed by atoms with Gasteiger partial charge in [0.05, 0.1) is 0 Å². The molecule has 1 aliphatic rings. The van der Waals surface area contributed by atoms with Crippen LogP contribution < -0.4 is 4.90 Å². The van der Waals surface area contributed by atoms with Crippen molar-refractivity contribution in [3.8, 4) is 0 Å². The van der Waals surface area contributed by atoms with Crippen molar-refractivity contribution in [2.45, 2.75) is 32.2 Å². The maximum absolute atomic E-state index is 2.58. The maximum Gasteiger partial charge on any atom is 0.0368 e. The van der Waals surface area contributed by atoms with Crippen molar-refractivity contribution in [3.05, 3.63) is 65.7 Å². The van der Waals surface area contributed by atoms with Gasteiger partial charge in [0.1, 0.15) is 0 Å². The van der Waals surface area contributed by atoms with Crippen LogP contribution in [0.4, 0.5) is 5.69 Å². The molecule has 19 heavy (non-hydrogen) atoms. The van der Waals surface area contributed by atoms with Crippen LogP contribution in [0.1, 0.15) is 24.0 Å². The highest BCUT2D eigenvalue weighted by Gasteiger charge is 2.24. The Hall–Kier alpha value is -1.76. The van der Waals surface area contributed by atoms with Crippen LogP contribution in [-0.4, -0.2) is 12.6 Å². The summed E-state index contributed by atoms with van der Waals surface area (Å²) in [6.07, 6.45) is 3.78. The highest BCUT2D eigenvalue weighted by atomic mass is 15.2. The molecule has 1 fully saturated rings. The van der Waals surface area contributed by atoms with E-state index in [0.29, 0.717) is 6.04 Å². The first-order chi connectivity index (χ1) is 9.33. The lowest BCUT2D eigenvalue weighted by molar-refractivity contribution is 0.663. The summed E-state index contributed by atoms with van der Waals surface area (Å²) in [5.74, 6) is 0. The Bertz CT molecular complexity index is 515. The normalized spacial score (nSPS) is 18.8. The molecule has 1 heterocycles. The molecule has 1 saturated heterocycles. The number of anilines is 1. The average Bonchev–Trinajstić information content (AvgIpc) is 2.89. The second kappa shape index (κ2) is 5.48. The Morgan fingerprint density at radius 1 is 1.00 bits per heavy atom. The monoisotopic (exact) mass is 251 g/mol. The van der Waals surface area contributed by atoms with Crippen LogP contribution in [0.3, 0.4) is 0 Å². The van der Waals surface area contributed by atoms with Gasteiger partial charge in [0.15, 0.2) is 0 Å². The van der Waals surface area contributed by atoms with Gasteiger partial charge in [-0.15, -0.1) is 0 Å². The first-order valence-electron chi connectivity index (χ1n) is 7.20. The van der Waals surface area contributed by atoms with Gasteiger partial charge in [0.2, 0.25) is 0 Å². The number of aryl methyl sites for hydroxylation is 1. The molecule has 0 aliphatic carbocycles. The number of hydrogen-bond acceptors (Lipinski definition) is 1. The SMILES string of the molecule is Cc1ccc(N2CCCC2Cc2ccccc2)cc1. The summed E-state index contributed by atoms with van der Waals surface area (Å²) in [5, 5.41) is 0. The van der Waals surface area contributed by atoms with Crippen molar-refractivity contribution in [3.63, 3.8) is 0 Å². The zero-order chi connectivity index (χ0) is 13.1. The fourth-order valence-corrected chi connectivity index (χ4v) is 3.01. The molecule has 2 aromatic carbocycles. The fourth-order valence-electron chi connectivity index (χ4n) is 3.01. The Morgan fingerprint density at radius 2 is 1.74 bits per heavy atom. The molecular weight excluding hydrogens is 230 g/mol. The van der Waals surface area contributed by atoms with Crippen molar-refractivity contribution in [1.29, 1.82) is 0 Å². The number of rotatable bonds is 3. The van der Waals surface area contributed by atoms with E-state index in [2.05, 4.69) is 66.4 Å². The molecule has 0 amide bonds. The summed E-state index contributed by atoms with van der Waals surface area (Å²) in [4.78, 5) is 2.58. The maximum atomic E-state index is 2.58. The molecule has 98 valence electrons. The Balaban J connectivity index is 1.76. The Morgan fingerprint density at radius 3 is 2.47 bits per heavy atom. The minimum Gasteiger partial charge on any atom is -0.368 e. The van der Waals surface area contributed by atoms with Crippen molar-refractivity contribution in [2.24, 2.45) is 0 Å². The van der Waals surface area contributed by atoms with E-state index < -0.39 is 0 Å². The Kier molecular flexibility index (Phi) is 3.54. The molecule has 0 N–H and O–H groups in total. The van der Waals surface area contributed by atoms with Gasteiger partial charge in [-0.3, -0.25) is 0 Å². The van der Waals surface area contributed by atoms with Gasteiger partial charge in [-0.2, -0.15) is 0 Å². The minimum atomic E-state index is 0.658. The lowest BCUT2D eigenvalue weighted by Crippen LogP contribution is -2.30. The molecule has 1 atom stereocenters. The second-order valence-electron chi connectivity index (χ2n) is 5.51. The number of hydrogen-bond donors (Lipinski definition) is 0. The fraction of sp³-hybridized carbons (Fsp3) is 0.333. The summed E-state index contributed by atoms with van der Waals surface area (Å²) in [5.41, 5.74) is 4.16. The van der Waals surface area contributed by atoms with Gasteiger partial charge in [-0.25, -0.2) is 0 Å². The zero-order valence-electron chi connectivity index (χ0n) is 11.5. The molecule has 1 heteroatoms. The third-order valence-electron chi connectivity index (χ3n) is 4.06. The van der Waals surface area contributed by atoms with Crippen molar-refractivity contribution < 1.29 is 0 Å². The second-order valence-corrected chi connectivity index (χ2v) is 5.51. The van der Waals surface area contributed by atoms with Gasteiger partial charge in [-0.05, 0) is 43.9 Å². The largest absolute Gasteiger partial charge is 0.368 e. The lowest BCUT2D eigenvalue weighted by Gasteiger charge is -2.27. The Labute approximate surface area is 115 Å². The highest BCUT2D eigenvalue weighted by molar-refractivity contribution is 5.49.